The average Bonchev–Trinajstić information content (AvgIpc) is 4.10. The molecule has 2 atom stereocenters. The lowest BCUT2D eigenvalue weighted by Crippen LogP contribution is -2.19. The smallest absolute Gasteiger partial charge is 0.181 e. The quantitative estimate of drug-likeness (QED) is 0.215. The second-order valence-electron chi connectivity index (χ2n) is 13.4. The van der Waals surface area contributed by atoms with Crippen LogP contribution in [-0.2, 0) is 18.9 Å². The van der Waals surface area contributed by atoms with Crippen LogP contribution in [0.1, 0.15) is 30.0 Å². The molecule has 0 spiro atoms. The van der Waals surface area contributed by atoms with Crippen molar-refractivity contribution in [3.05, 3.63) is 60.7 Å². The summed E-state index contributed by atoms with van der Waals surface area (Å²) in [7, 11) is 0. The second kappa shape index (κ2) is 13.4. The molecule has 0 radical (unpaired) electrons. The predicted molar refractivity (Wildman–Crippen MR) is 213 cm³/mol. The van der Waals surface area contributed by atoms with E-state index in [0.717, 1.165) is 93.5 Å². The van der Waals surface area contributed by atoms with Crippen LogP contribution < -0.4 is 47.0 Å². The normalized spacial score (nSPS) is 25.5. The first-order chi connectivity index (χ1) is 27.6. The highest BCUT2D eigenvalue weighted by atomic mass is 32.2. The van der Waals surface area contributed by atoms with E-state index >= 15 is 0 Å². The zero-order valence-corrected chi connectivity index (χ0v) is 34.9. The van der Waals surface area contributed by atoms with E-state index in [0.29, 0.717) is 102 Å². The number of thiophene rings is 4. The van der Waals surface area contributed by atoms with Gasteiger partial charge in [-0.05, 0) is 13.8 Å². The fourth-order valence-corrected chi connectivity index (χ4v) is 15.8. The Morgan fingerprint density at radius 3 is 1.07 bits per heavy atom. The fraction of sp³-hybridized carbons (Fsp3) is 0.421. The first-order valence-corrected chi connectivity index (χ1v) is 23.4. The first kappa shape index (κ1) is 34.4. The lowest BCUT2D eigenvalue weighted by atomic mass is 10.2. The number of hydrogen-bond acceptors (Lipinski definition) is 18. The molecule has 18 heteroatoms. The highest BCUT2D eigenvalue weighted by molar-refractivity contribution is 8.09. The van der Waals surface area contributed by atoms with Crippen molar-refractivity contribution in [3.8, 4) is 46.0 Å². The molecule has 8 aliphatic heterocycles. The average molecular weight is 873 g/mol. The number of aryl methyl sites for hydroxylation is 2. The Bertz CT molecular complexity index is 2450. The Morgan fingerprint density at radius 2 is 0.661 bits per heavy atom. The van der Waals surface area contributed by atoms with Gasteiger partial charge in [0, 0.05) is 9.75 Å². The van der Waals surface area contributed by atoms with Gasteiger partial charge in [-0.1, -0.05) is 0 Å². The van der Waals surface area contributed by atoms with Gasteiger partial charge in [0.05, 0.1) is 37.7 Å². The van der Waals surface area contributed by atoms with Gasteiger partial charge < -0.3 is 56.8 Å². The molecular formula is C38H32O12S6. The molecule has 0 amide bonds. The highest BCUT2D eigenvalue weighted by Crippen LogP contribution is 2.62. The van der Waals surface area contributed by atoms with Gasteiger partial charge >= 0.3 is 0 Å². The predicted octanol–water partition coefficient (Wildman–Crippen LogP) is 6.63. The Balaban J connectivity index is 1.07. The maximum Gasteiger partial charge on any atom is 0.181 e. The van der Waals surface area contributed by atoms with E-state index in [1.54, 1.807) is 68.9 Å². The van der Waals surface area contributed by atoms with Crippen molar-refractivity contribution >= 4 is 78.7 Å². The van der Waals surface area contributed by atoms with Crippen molar-refractivity contribution in [1.82, 2.24) is 0 Å². The zero-order chi connectivity index (χ0) is 37.1. The standard InChI is InChI=1S/C38H32O12S6/c1-15-17-19(41-5-3-39-17)29(51-15)31-21-23(45-9-7-43-21)33(53-31)35-25-27(49-13-11-47-25)37(55-35)38-28-26(48-12-14-50-28)36(56-38)34-24-22(44-8-10-46-24)32(54-34)30-20-18(16(2)52-30)40-4-6-42-20/h31-32H,3-14H2,1-2H3/b35-33+,36-34?,38-37+. The van der Waals surface area contributed by atoms with Crippen LogP contribution in [0.3, 0.4) is 0 Å². The second-order valence-corrected chi connectivity index (χ2v) is 20.2. The molecule has 4 aromatic rings. The third kappa shape index (κ3) is 5.14. The molecule has 0 aliphatic carbocycles. The summed E-state index contributed by atoms with van der Waals surface area (Å²) in [5, 5.41) is -0.312. The van der Waals surface area contributed by atoms with E-state index in [1.165, 1.54) is 0 Å². The van der Waals surface area contributed by atoms with E-state index in [2.05, 4.69) is 13.8 Å². The molecule has 8 aliphatic rings. The van der Waals surface area contributed by atoms with Gasteiger partial charge in [0.25, 0.3) is 0 Å². The molecule has 2 unspecified atom stereocenters. The van der Waals surface area contributed by atoms with Crippen LogP contribution in [0.25, 0.3) is 9.81 Å². The largest absolute Gasteiger partial charge is 0.489 e. The third-order valence-corrected chi connectivity index (χ3v) is 18.0. The van der Waals surface area contributed by atoms with Gasteiger partial charge in [-0.25, -0.2) is 0 Å². The summed E-state index contributed by atoms with van der Waals surface area (Å²) >= 11 is 9.97. The van der Waals surface area contributed by atoms with Crippen LogP contribution in [0.4, 0.5) is 0 Å². The molecule has 0 saturated carbocycles. The molecule has 0 bridgehead atoms. The molecule has 0 fully saturated rings. The summed E-state index contributed by atoms with van der Waals surface area (Å²) in [6.07, 6.45) is 0. The van der Waals surface area contributed by atoms with Crippen LogP contribution in [-0.4, -0.2) is 79.3 Å². The molecule has 4 aromatic heterocycles. The lowest BCUT2D eigenvalue weighted by molar-refractivity contribution is 0.0703. The topological polar surface area (TPSA) is 111 Å². The van der Waals surface area contributed by atoms with Crippen LogP contribution >= 0.6 is 68.9 Å². The van der Waals surface area contributed by atoms with Gasteiger partial charge in [0.2, 0.25) is 0 Å². The number of rotatable bonds is 2. The molecule has 292 valence electrons. The van der Waals surface area contributed by atoms with Crippen LogP contribution in [0.2, 0.25) is 0 Å². The SMILES string of the molecule is Cc1sc(C2SC(=c3s/c(=c4/s/c(=C5/SC(c6sc(C)c7c6OCCO7)C6=C5OCCO6)c5c4OCCO5)c4c3OCCO4)C3=C2OCCO3)c2c1OCCO2. The van der Waals surface area contributed by atoms with Crippen LogP contribution in [0, 0.1) is 22.9 Å². The minimum Gasteiger partial charge on any atom is -0.489 e. The first-order valence-electron chi connectivity index (χ1n) is 18.3. The maximum atomic E-state index is 6.48. The lowest BCUT2D eigenvalue weighted by Gasteiger charge is -2.21. The monoisotopic (exact) mass is 872 g/mol. The highest BCUT2D eigenvalue weighted by Gasteiger charge is 2.44. The summed E-state index contributed by atoms with van der Waals surface area (Å²) in [5.41, 5.74) is 0. The summed E-state index contributed by atoms with van der Waals surface area (Å²) in [4.78, 5) is 6.19. The van der Waals surface area contributed by atoms with Crippen LogP contribution in [0.5, 0.6) is 46.0 Å². The molecule has 12 rings (SSSR count). The summed E-state index contributed by atoms with van der Waals surface area (Å²) in [6, 6.07) is 0. The number of thioether (sulfide) groups is 2. The van der Waals surface area contributed by atoms with E-state index < -0.39 is 0 Å². The maximum absolute atomic E-state index is 6.48. The van der Waals surface area contributed by atoms with E-state index in [4.69, 9.17) is 56.8 Å². The molecular weight excluding hydrogens is 841 g/mol. The van der Waals surface area contributed by atoms with Crippen LogP contribution in [0.15, 0.2) is 23.0 Å². The molecule has 0 saturated heterocycles. The van der Waals surface area contributed by atoms with E-state index in [9.17, 15) is 0 Å². The Hall–Kier alpha value is -3.68. The Kier molecular flexibility index (Phi) is 8.25. The van der Waals surface area contributed by atoms with Crippen molar-refractivity contribution in [2.45, 2.75) is 24.3 Å². The van der Waals surface area contributed by atoms with Crippen molar-refractivity contribution in [1.29, 1.82) is 0 Å². The van der Waals surface area contributed by atoms with E-state index in [-0.39, 0.29) is 10.5 Å². The molecule has 12 heterocycles. The Morgan fingerprint density at radius 1 is 0.339 bits per heavy atom. The molecule has 0 N–H and O–H groups in total. The van der Waals surface area contributed by atoms with Crippen molar-refractivity contribution in [2.75, 3.05) is 79.3 Å². The third-order valence-electron chi connectivity index (χ3n) is 10.1. The molecule has 56 heavy (non-hydrogen) atoms. The number of hydrogen-bond donors (Lipinski definition) is 0. The fourth-order valence-electron chi connectivity index (χ4n) is 7.80. The zero-order valence-electron chi connectivity index (χ0n) is 30.0. The Labute approximate surface area is 343 Å². The summed E-state index contributed by atoms with van der Waals surface area (Å²) in [5.74, 6) is 9.07. The molecule has 12 nitrogen and oxygen atoms in total. The van der Waals surface area contributed by atoms with Gasteiger partial charge in [-0.2, -0.15) is 0 Å². The van der Waals surface area contributed by atoms with Crippen molar-refractivity contribution in [2.24, 2.45) is 0 Å². The minimum absolute atomic E-state index is 0.156. The van der Waals surface area contributed by atoms with Gasteiger partial charge in [0.1, 0.15) is 89.8 Å². The summed E-state index contributed by atoms with van der Waals surface area (Å²) < 4.78 is 79.6. The van der Waals surface area contributed by atoms with Crippen molar-refractivity contribution < 1.29 is 56.8 Å². The van der Waals surface area contributed by atoms with Gasteiger partial charge in [-0.15, -0.1) is 68.9 Å². The number of ether oxygens (including phenoxy) is 12. The van der Waals surface area contributed by atoms with Crippen molar-refractivity contribution in [3.63, 3.8) is 0 Å². The van der Waals surface area contributed by atoms with Gasteiger partial charge in [-0.3, -0.25) is 0 Å². The number of fused-ring (bicyclic) bond motifs is 4. The summed E-state index contributed by atoms with van der Waals surface area (Å²) in [6.45, 7) is 9.81. The molecule has 0 aromatic carbocycles. The minimum atomic E-state index is -0.156. The van der Waals surface area contributed by atoms with Gasteiger partial charge in [0.15, 0.2) is 69.0 Å². The van der Waals surface area contributed by atoms with E-state index in [1.807, 2.05) is 0 Å².